The fourth-order valence-corrected chi connectivity index (χ4v) is 5.97. The number of halogens is 2. The van der Waals surface area contributed by atoms with Gasteiger partial charge in [0.15, 0.2) is 6.29 Å². The van der Waals surface area contributed by atoms with Gasteiger partial charge >= 0.3 is 0 Å². The molecule has 1 amide bonds. The number of nitro benzene ring substituents is 1. The predicted molar refractivity (Wildman–Crippen MR) is 153 cm³/mol. The van der Waals surface area contributed by atoms with Crippen LogP contribution < -0.4 is 5.32 Å². The van der Waals surface area contributed by atoms with E-state index in [9.17, 15) is 28.8 Å². The van der Waals surface area contributed by atoms with E-state index < -0.39 is 33.7 Å². The number of aliphatic hydroxyl groups is 1. The Morgan fingerprint density at radius 1 is 1.16 bits per heavy atom. The molecular weight excluding hydrogens is 584 g/mol. The molecule has 1 aliphatic rings. The van der Waals surface area contributed by atoms with E-state index in [2.05, 4.69) is 15.4 Å². The Balaban J connectivity index is 1.19. The van der Waals surface area contributed by atoms with E-state index in [-0.39, 0.29) is 42.2 Å². The average Bonchev–Trinajstić information content (AvgIpc) is 3.50. The molecule has 0 spiro atoms. The third kappa shape index (κ3) is 7.05. The van der Waals surface area contributed by atoms with Gasteiger partial charge in [0.25, 0.3) is 11.6 Å². The maximum absolute atomic E-state index is 14.8. The quantitative estimate of drug-likeness (QED) is 0.190. The minimum absolute atomic E-state index is 0.0578. The maximum Gasteiger partial charge on any atom is 0.269 e. The molecular formula is C29H27F2N5O6S. The summed E-state index contributed by atoms with van der Waals surface area (Å²) < 4.78 is 41.7. The second-order valence-electron chi connectivity index (χ2n) is 9.92. The number of aromatic nitrogens is 3. The molecule has 2 unspecified atom stereocenters. The Labute approximate surface area is 249 Å². The first kappa shape index (κ1) is 30.2. The zero-order valence-corrected chi connectivity index (χ0v) is 23.6. The van der Waals surface area contributed by atoms with Gasteiger partial charge < -0.3 is 19.9 Å². The van der Waals surface area contributed by atoms with E-state index in [0.717, 1.165) is 12.1 Å². The van der Waals surface area contributed by atoms with Crippen LogP contribution in [0, 0.1) is 21.7 Å². The summed E-state index contributed by atoms with van der Waals surface area (Å²) in [7, 11) is 0. The van der Waals surface area contributed by atoms with E-state index in [1.54, 1.807) is 31.2 Å². The number of thioether (sulfide) groups is 1. The summed E-state index contributed by atoms with van der Waals surface area (Å²) in [6.45, 7) is 2.18. The molecule has 1 aromatic heterocycles. The first-order valence-corrected chi connectivity index (χ1v) is 14.1. The molecule has 43 heavy (non-hydrogen) atoms. The van der Waals surface area contributed by atoms with E-state index in [0.29, 0.717) is 16.8 Å². The van der Waals surface area contributed by atoms with Crippen LogP contribution in [0.15, 0.2) is 79.4 Å². The number of ether oxygens (including phenoxy) is 2. The van der Waals surface area contributed by atoms with Crippen molar-refractivity contribution in [2.24, 2.45) is 0 Å². The fourth-order valence-electron chi connectivity index (χ4n) is 4.65. The summed E-state index contributed by atoms with van der Waals surface area (Å²) >= 11 is 1.35. The average molecular weight is 612 g/mol. The number of carbonyl (C=O) groups is 1. The fraction of sp³-hybridized carbons (Fsp3) is 0.276. The van der Waals surface area contributed by atoms with Crippen LogP contribution in [0.25, 0.3) is 0 Å². The zero-order valence-electron chi connectivity index (χ0n) is 22.8. The van der Waals surface area contributed by atoms with Gasteiger partial charge in [-0.05, 0) is 30.3 Å². The third-order valence-electron chi connectivity index (χ3n) is 6.98. The minimum Gasteiger partial charge on any atom is -0.382 e. The normalized spacial score (nSPS) is 18.9. The second-order valence-corrected chi connectivity index (χ2v) is 11.6. The minimum atomic E-state index is -1.75. The molecule has 14 heteroatoms. The van der Waals surface area contributed by atoms with Gasteiger partial charge in [-0.15, -0.1) is 11.8 Å². The van der Waals surface area contributed by atoms with Crippen molar-refractivity contribution in [1.82, 2.24) is 14.8 Å². The molecule has 5 rings (SSSR count). The summed E-state index contributed by atoms with van der Waals surface area (Å²) in [6, 6.07) is 15.2. The third-order valence-corrected chi connectivity index (χ3v) is 8.44. The molecule has 0 saturated carbocycles. The van der Waals surface area contributed by atoms with Crippen molar-refractivity contribution in [3.63, 3.8) is 0 Å². The molecule has 2 atom stereocenters. The van der Waals surface area contributed by atoms with Crippen molar-refractivity contribution < 1.29 is 33.1 Å². The van der Waals surface area contributed by atoms with Crippen molar-refractivity contribution in [3.8, 4) is 0 Å². The number of nitrogens with one attached hydrogen (secondary N) is 1. The van der Waals surface area contributed by atoms with Crippen molar-refractivity contribution in [3.05, 3.63) is 118 Å². The lowest BCUT2D eigenvalue weighted by Gasteiger charge is -2.37. The maximum atomic E-state index is 14.8. The van der Waals surface area contributed by atoms with Crippen LogP contribution in [0.3, 0.4) is 0 Å². The molecule has 0 bridgehead atoms. The van der Waals surface area contributed by atoms with Gasteiger partial charge in [0.05, 0.1) is 29.9 Å². The van der Waals surface area contributed by atoms with Crippen LogP contribution in [0.1, 0.15) is 34.7 Å². The highest BCUT2D eigenvalue weighted by atomic mass is 32.2. The number of nitrogens with zero attached hydrogens (tertiary/aromatic N) is 4. The Kier molecular flexibility index (Phi) is 9.11. The van der Waals surface area contributed by atoms with Crippen LogP contribution in [-0.4, -0.2) is 54.4 Å². The number of nitro groups is 1. The first-order chi connectivity index (χ1) is 20.6. The summed E-state index contributed by atoms with van der Waals surface area (Å²) in [5, 5.41) is 28.5. The highest BCUT2D eigenvalue weighted by Gasteiger charge is 2.41. The van der Waals surface area contributed by atoms with Gasteiger partial charge in [0, 0.05) is 45.8 Å². The topological polar surface area (TPSA) is 142 Å². The van der Waals surface area contributed by atoms with Crippen LogP contribution >= 0.6 is 11.8 Å². The molecule has 0 radical (unpaired) electrons. The molecule has 1 saturated heterocycles. The molecule has 3 aromatic carbocycles. The molecule has 1 fully saturated rings. The van der Waals surface area contributed by atoms with E-state index in [4.69, 9.17) is 9.47 Å². The number of hydrogen-bond acceptors (Lipinski definition) is 9. The molecule has 11 nitrogen and oxygen atoms in total. The Morgan fingerprint density at radius 3 is 2.47 bits per heavy atom. The largest absolute Gasteiger partial charge is 0.382 e. The molecule has 2 heterocycles. The molecule has 0 aliphatic carbocycles. The van der Waals surface area contributed by atoms with Gasteiger partial charge in [-0.3, -0.25) is 14.9 Å². The first-order valence-electron chi connectivity index (χ1n) is 13.2. The highest BCUT2D eigenvalue weighted by molar-refractivity contribution is 8.00. The Hall–Kier alpha value is -4.24. The Morgan fingerprint density at radius 2 is 1.86 bits per heavy atom. The van der Waals surface area contributed by atoms with Crippen LogP contribution in [0.5, 0.6) is 0 Å². The SMILES string of the molecule is CC(SC1COC(c2ccc(C(=O)Nc3ccc([N+](=O)[O-])cc3)cc2)OC1)C(O)(Cn1cncn1)c1ccc(F)cc1F. The second kappa shape index (κ2) is 13.0. The van der Waals surface area contributed by atoms with Crippen LogP contribution in [-0.2, 0) is 21.6 Å². The van der Waals surface area contributed by atoms with Crippen molar-refractivity contribution in [1.29, 1.82) is 0 Å². The summed E-state index contributed by atoms with van der Waals surface area (Å²) in [5.74, 6) is -1.99. The number of anilines is 1. The zero-order chi connectivity index (χ0) is 30.6. The van der Waals surface area contributed by atoms with Gasteiger partial charge in [0.1, 0.15) is 29.9 Å². The number of benzene rings is 3. The lowest BCUT2D eigenvalue weighted by atomic mass is 9.90. The molecule has 1 aliphatic heterocycles. The molecule has 2 N–H and O–H groups in total. The number of carbonyl (C=O) groups excluding carboxylic acids is 1. The van der Waals surface area contributed by atoms with E-state index in [1.807, 2.05) is 0 Å². The lowest BCUT2D eigenvalue weighted by molar-refractivity contribution is -0.384. The van der Waals surface area contributed by atoms with Gasteiger partial charge in [-0.25, -0.2) is 18.4 Å². The smallest absolute Gasteiger partial charge is 0.269 e. The van der Waals surface area contributed by atoms with Gasteiger partial charge in [0.2, 0.25) is 0 Å². The number of non-ortho nitro benzene ring substituents is 1. The summed E-state index contributed by atoms with van der Waals surface area (Å²) in [6.07, 6.45) is 2.04. The number of amides is 1. The predicted octanol–water partition coefficient (Wildman–Crippen LogP) is 4.84. The lowest BCUT2D eigenvalue weighted by Crippen LogP contribution is -2.43. The monoisotopic (exact) mass is 611 g/mol. The van der Waals surface area contributed by atoms with Crippen molar-refractivity contribution >= 4 is 29.0 Å². The van der Waals surface area contributed by atoms with Crippen LogP contribution in [0.4, 0.5) is 20.2 Å². The standard InChI is InChI=1S/C29H27F2N5O6S/c1-18(29(38,15-35-17-32-16-33-35)25-11-6-21(30)12-26(25)31)43-24-13-41-28(42-14-24)20-4-2-19(3-5-20)27(37)34-22-7-9-23(10-8-22)36(39)40/h2-12,16-18,24,28,38H,13-15H2,1H3,(H,34,37). The number of hydrogen-bond donors (Lipinski definition) is 2. The van der Waals surface area contributed by atoms with Crippen molar-refractivity contribution in [2.45, 2.75) is 35.9 Å². The molecule has 224 valence electrons. The molecule has 4 aromatic rings. The summed E-state index contributed by atoms with van der Waals surface area (Å²) in [5.41, 5.74) is -0.393. The van der Waals surface area contributed by atoms with Crippen molar-refractivity contribution in [2.75, 3.05) is 18.5 Å². The highest BCUT2D eigenvalue weighted by Crippen LogP contribution is 2.39. The van der Waals surface area contributed by atoms with Crippen LogP contribution in [0.2, 0.25) is 0 Å². The van der Waals surface area contributed by atoms with E-state index in [1.165, 1.54) is 59.4 Å². The number of rotatable bonds is 10. The van der Waals surface area contributed by atoms with E-state index >= 15 is 0 Å². The Bertz CT molecular complexity index is 1570. The van der Waals surface area contributed by atoms with Gasteiger partial charge in [-0.2, -0.15) is 5.10 Å². The van der Waals surface area contributed by atoms with Gasteiger partial charge in [-0.1, -0.05) is 25.1 Å². The summed E-state index contributed by atoms with van der Waals surface area (Å²) in [4.78, 5) is 26.8.